The number of amides is 1. The van der Waals surface area contributed by atoms with Crippen LogP contribution >= 0.6 is 0 Å². The number of ether oxygens (including phenoxy) is 2. The molecule has 1 saturated heterocycles. The summed E-state index contributed by atoms with van der Waals surface area (Å²) in [5, 5.41) is 54.2. The van der Waals surface area contributed by atoms with Crippen LogP contribution in [0.3, 0.4) is 0 Å². The third-order valence-electron chi connectivity index (χ3n) is 11.3. The summed E-state index contributed by atoms with van der Waals surface area (Å²) in [6, 6.07) is -0.816. The van der Waals surface area contributed by atoms with E-state index in [4.69, 9.17) is 9.47 Å². The Hall–Kier alpha value is -1.33. The molecule has 0 aliphatic carbocycles. The maximum Gasteiger partial charge on any atom is 0.220 e. The first-order chi connectivity index (χ1) is 27.3. The average Bonchev–Trinajstić information content (AvgIpc) is 3.20. The van der Waals surface area contributed by atoms with Gasteiger partial charge in [0.25, 0.3) is 0 Å². The smallest absolute Gasteiger partial charge is 0.220 e. The van der Waals surface area contributed by atoms with Crippen LogP contribution in [0.5, 0.6) is 0 Å². The summed E-state index contributed by atoms with van der Waals surface area (Å²) in [5.74, 6) is -0.185. The fourth-order valence-corrected chi connectivity index (χ4v) is 7.47. The summed E-state index contributed by atoms with van der Waals surface area (Å²) >= 11 is 0. The van der Waals surface area contributed by atoms with Crippen LogP contribution < -0.4 is 5.32 Å². The van der Waals surface area contributed by atoms with Crippen LogP contribution in [0.1, 0.15) is 213 Å². The highest BCUT2D eigenvalue weighted by Crippen LogP contribution is 2.23. The van der Waals surface area contributed by atoms with Crippen LogP contribution in [0, 0.1) is 0 Å². The molecular weight excluding hydrogens is 707 g/mol. The highest BCUT2D eigenvalue weighted by Gasteiger charge is 2.44. The Kier molecular flexibility index (Phi) is 35.7. The molecular formula is C47H89NO8. The van der Waals surface area contributed by atoms with Gasteiger partial charge in [0.05, 0.1) is 25.4 Å². The minimum Gasteiger partial charge on any atom is -0.394 e. The minimum absolute atomic E-state index is 0.185. The van der Waals surface area contributed by atoms with Gasteiger partial charge < -0.3 is 40.3 Å². The number of aliphatic hydroxyl groups excluding tert-OH is 5. The number of allylic oxidation sites excluding steroid dienone is 3. The van der Waals surface area contributed by atoms with Crippen LogP contribution in [-0.2, 0) is 14.3 Å². The zero-order valence-electron chi connectivity index (χ0n) is 36.1. The van der Waals surface area contributed by atoms with E-state index in [2.05, 4.69) is 31.3 Å². The number of rotatable bonds is 39. The van der Waals surface area contributed by atoms with Crippen molar-refractivity contribution in [2.24, 2.45) is 0 Å². The van der Waals surface area contributed by atoms with E-state index in [1.165, 1.54) is 154 Å². The molecule has 1 rings (SSSR count). The largest absolute Gasteiger partial charge is 0.394 e. The molecule has 0 aromatic rings. The number of nitrogens with one attached hydrogen (secondary N) is 1. The van der Waals surface area contributed by atoms with Crippen LogP contribution in [-0.4, -0.2) is 87.5 Å². The third-order valence-corrected chi connectivity index (χ3v) is 11.3. The topological polar surface area (TPSA) is 149 Å². The van der Waals surface area contributed by atoms with Crippen molar-refractivity contribution >= 4 is 5.91 Å². The quantitative estimate of drug-likeness (QED) is 0.0266. The van der Waals surface area contributed by atoms with Gasteiger partial charge in [-0.25, -0.2) is 0 Å². The first kappa shape index (κ1) is 52.7. The van der Waals surface area contributed by atoms with Crippen molar-refractivity contribution in [1.82, 2.24) is 5.32 Å². The molecule has 0 bridgehead atoms. The Morgan fingerprint density at radius 2 is 1.02 bits per heavy atom. The molecule has 1 amide bonds. The number of carbonyl (C=O) groups excluding carboxylic acids is 1. The molecule has 330 valence electrons. The van der Waals surface area contributed by atoms with E-state index in [0.717, 1.165) is 38.5 Å². The van der Waals surface area contributed by atoms with Gasteiger partial charge in [-0.2, -0.15) is 0 Å². The van der Waals surface area contributed by atoms with E-state index in [-0.39, 0.29) is 12.5 Å². The average molecular weight is 796 g/mol. The SMILES string of the molecule is CCCCCCCCCCCC/C=C/CC/C=C/[C@@H](O)[C@H](CO[C@H]1O[C@@H](CO)[C@H](O)C(O)C1O)NC(=O)CCCCCCCCCCCCCCCCCCC. The monoisotopic (exact) mass is 796 g/mol. The molecule has 56 heavy (non-hydrogen) atoms. The normalized spacial score (nSPS) is 21.3. The molecule has 1 fully saturated rings. The van der Waals surface area contributed by atoms with E-state index in [1.807, 2.05) is 6.08 Å². The lowest BCUT2D eigenvalue weighted by Crippen LogP contribution is -2.60. The zero-order valence-corrected chi connectivity index (χ0v) is 36.1. The van der Waals surface area contributed by atoms with Gasteiger partial charge in [-0.05, 0) is 32.1 Å². The summed E-state index contributed by atoms with van der Waals surface area (Å²) in [6.45, 7) is 3.76. The molecule has 2 unspecified atom stereocenters. The second-order valence-corrected chi connectivity index (χ2v) is 16.5. The Morgan fingerprint density at radius 1 is 0.589 bits per heavy atom. The Bertz CT molecular complexity index is 930. The number of aliphatic hydroxyl groups is 5. The van der Waals surface area contributed by atoms with E-state index in [0.29, 0.717) is 6.42 Å². The molecule has 0 saturated carbocycles. The lowest BCUT2D eigenvalue weighted by atomic mass is 9.99. The van der Waals surface area contributed by atoms with Crippen molar-refractivity contribution in [3.63, 3.8) is 0 Å². The van der Waals surface area contributed by atoms with Gasteiger partial charge in [0.2, 0.25) is 5.91 Å². The van der Waals surface area contributed by atoms with Crippen molar-refractivity contribution in [1.29, 1.82) is 0 Å². The predicted octanol–water partition coefficient (Wildman–Crippen LogP) is 9.89. The lowest BCUT2D eigenvalue weighted by Gasteiger charge is -2.40. The minimum atomic E-state index is -1.57. The van der Waals surface area contributed by atoms with Crippen LogP contribution in [0.2, 0.25) is 0 Å². The maximum atomic E-state index is 13.0. The van der Waals surface area contributed by atoms with Gasteiger partial charge in [-0.15, -0.1) is 0 Å². The van der Waals surface area contributed by atoms with Crippen molar-refractivity contribution in [2.75, 3.05) is 13.2 Å². The number of hydrogen-bond acceptors (Lipinski definition) is 8. The van der Waals surface area contributed by atoms with Crippen molar-refractivity contribution in [3.8, 4) is 0 Å². The number of unbranched alkanes of at least 4 members (excludes halogenated alkanes) is 27. The fourth-order valence-electron chi connectivity index (χ4n) is 7.47. The van der Waals surface area contributed by atoms with E-state index >= 15 is 0 Å². The van der Waals surface area contributed by atoms with Gasteiger partial charge >= 0.3 is 0 Å². The molecule has 7 atom stereocenters. The standard InChI is InChI=1S/C47H89NO8/c1-3-5-7-9-11-13-15-17-19-21-23-25-27-29-31-33-35-37-43(51)48-40(39-55-47-46(54)45(53)44(52)42(38-49)56-47)41(50)36-34-32-30-28-26-24-22-20-18-16-14-12-10-8-6-4-2/h26,28,34,36,40-42,44-47,49-50,52-54H,3-25,27,29-33,35,37-39H2,1-2H3,(H,48,51)/b28-26+,36-34+/t40-,41+,42-,44-,45?,46?,47-/m0/s1. The lowest BCUT2D eigenvalue weighted by molar-refractivity contribution is -0.302. The van der Waals surface area contributed by atoms with E-state index in [9.17, 15) is 30.3 Å². The van der Waals surface area contributed by atoms with Crippen LogP contribution in [0.15, 0.2) is 24.3 Å². The highest BCUT2D eigenvalue weighted by molar-refractivity contribution is 5.76. The van der Waals surface area contributed by atoms with Gasteiger partial charge in [-0.1, -0.05) is 199 Å². The molecule has 9 heteroatoms. The zero-order chi connectivity index (χ0) is 40.9. The van der Waals surface area contributed by atoms with E-state index < -0.39 is 49.5 Å². The summed E-state index contributed by atoms with van der Waals surface area (Å²) in [4.78, 5) is 13.0. The van der Waals surface area contributed by atoms with Crippen molar-refractivity contribution < 1.29 is 39.8 Å². The van der Waals surface area contributed by atoms with E-state index in [1.54, 1.807) is 6.08 Å². The molecule has 9 nitrogen and oxygen atoms in total. The Labute approximate surface area is 343 Å². The van der Waals surface area contributed by atoms with Gasteiger partial charge in [0.15, 0.2) is 6.29 Å². The summed E-state index contributed by atoms with van der Waals surface area (Å²) < 4.78 is 11.2. The van der Waals surface area contributed by atoms with Crippen LogP contribution in [0.4, 0.5) is 0 Å². The maximum absolute atomic E-state index is 13.0. The molecule has 1 aliphatic heterocycles. The highest BCUT2D eigenvalue weighted by atomic mass is 16.7. The molecule has 0 aromatic heterocycles. The number of hydrogen-bond donors (Lipinski definition) is 6. The van der Waals surface area contributed by atoms with Gasteiger partial charge in [-0.3, -0.25) is 4.79 Å². The summed E-state index contributed by atoms with van der Waals surface area (Å²) in [5.41, 5.74) is 0. The molecule has 0 radical (unpaired) electrons. The predicted molar refractivity (Wildman–Crippen MR) is 230 cm³/mol. The summed E-state index contributed by atoms with van der Waals surface area (Å²) in [7, 11) is 0. The van der Waals surface area contributed by atoms with Crippen molar-refractivity contribution in [3.05, 3.63) is 24.3 Å². The second kappa shape index (κ2) is 37.9. The Balaban J connectivity index is 2.36. The number of carbonyl (C=O) groups is 1. The molecule has 1 aliphatic rings. The molecule has 6 N–H and O–H groups in total. The molecule has 0 aromatic carbocycles. The van der Waals surface area contributed by atoms with Crippen molar-refractivity contribution in [2.45, 2.75) is 256 Å². The van der Waals surface area contributed by atoms with Gasteiger partial charge in [0.1, 0.15) is 24.4 Å². The Morgan fingerprint density at radius 3 is 1.50 bits per heavy atom. The van der Waals surface area contributed by atoms with Gasteiger partial charge in [0, 0.05) is 6.42 Å². The first-order valence-electron chi connectivity index (χ1n) is 23.6. The summed E-state index contributed by atoms with van der Waals surface area (Å²) in [6.07, 6.45) is 37.9. The fraction of sp³-hybridized carbons (Fsp3) is 0.894. The van der Waals surface area contributed by atoms with Crippen LogP contribution in [0.25, 0.3) is 0 Å². The third kappa shape index (κ3) is 28.2. The first-order valence-corrected chi connectivity index (χ1v) is 23.6. The molecule has 1 heterocycles. The second-order valence-electron chi connectivity index (χ2n) is 16.5. The molecule has 0 spiro atoms.